The topological polar surface area (TPSA) is 79.3 Å². The number of carboxylic acid groups (broad SMARTS) is 1. The van der Waals surface area contributed by atoms with Crippen LogP contribution in [-0.4, -0.2) is 22.0 Å². The zero-order valence-electron chi connectivity index (χ0n) is 8.58. The van der Waals surface area contributed by atoms with Crippen LogP contribution in [0.3, 0.4) is 0 Å². The molecule has 0 unspecified atom stereocenters. The van der Waals surface area contributed by atoms with Crippen molar-refractivity contribution in [1.82, 2.24) is 4.98 Å². The number of hydrogen-bond donors (Lipinski definition) is 2. The molecule has 86 valence electrons. The summed E-state index contributed by atoms with van der Waals surface area (Å²) in [7, 11) is 0. The molecule has 1 amide bonds. The van der Waals surface area contributed by atoms with Gasteiger partial charge in [0.15, 0.2) is 0 Å². The zero-order chi connectivity index (χ0) is 12.3. The third-order valence-corrected chi connectivity index (χ3v) is 2.81. The van der Waals surface area contributed by atoms with Gasteiger partial charge in [-0.2, -0.15) is 0 Å². The van der Waals surface area contributed by atoms with E-state index >= 15 is 0 Å². The quantitative estimate of drug-likeness (QED) is 0.871. The third-order valence-electron chi connectivity index (χ3n) is 2.06. The highest BCUT2D eigenvalue weighted by Crippen LogP contribution is 2.21. The van der Waals surface area contributed by atoms with Gasteiger partial charge >= 0.3 is 5.97 Å². The maximum atomic E-state index is 11.7. The fourth-order valence-corrected chi connectivity index (χ4v) is 2.00. The lowest BCUT2D eigenvalue weighted by molar-refractivity contribution is 0.0698. The molecule has 0 aliphatic heterocycles. The SMILES string of the molecule is O=C(Nc1cscc1C(=O)O)c1cccnc1. The predicted octanol–water partition coefficient (Wildman–Crippen LogP) is 2.09. The summed E-state index contributed by atoms with van der Waals surface area (Å²) in [5, 5.41) is 14.5. The lowest BCUT2D eigenvalue weighted by atomic mass is 10.2. The van der Waals surface area contributed by atoms with E-state index in [1.165, 1.54) is 22.9 Å². The number of thiophene rings is 1. The molecule has 0 saturated heterocycles. The summed E-state index contributed by atoms with van der Waals surface area (Å²) < 4.78 is 0. The first-order valence-corrected chi connectivity index (χ1v) is 5.63. The minimum Gasteiger partial charge on any atom is -0.478 e. The Kier molecular flexibility index (Phi) is 3.15. The van der Waals surface area contributed by atoms with Crippen LogP contribution < -0.4 is 5.32 Å². The van der Waals surface area contributed by atoms with Crippen molar-refractivity contribution < 1.29 is 14.7 Å². The van der Waals surface area contributed by atoms with E-state index < -0.39 is 5.97 Å². The van der Waals surface area contributed by atoms with Gasteiger partial charge < -0.3 is 10.4 Å². The maximum Gasteiger partial charge on any atom is 0.338 e. The molecule has 0 aliphatic rings. The second-order valence-corrected chi connectivity index (χ2v) is 3.94. The lowest BCUT2D eigenvalue weighted by Gasteiger charge is -2.03. The van der Waals surface area contributed by atoms with Crippen LogP contribution in [0.2, 0.25) is 0 Å². The van der Waals surface area contributed by atoms with Crippen molar-refractivity contribution in [2.24, 2.45) is 0 Å². The standard InChI is InChI=1S/C11H8N2O3S/c14-10(7-2-1-3-12-4-7)13-9-6-17-5-8(9)11(15)16/h1-6H,(H,13,14)(H,15,16). The van der Waals surface area contributed by atoms with E-state index in [2.05, 4.69) is 10.3 Å². The van der Waals surface area contributed by atoms with Crippen LogP contribution in [-0.2, 0) is 0 Å². The molecule has 17 heavy (non-hydrogen) atoms. The number of carboxylic acids is 1. The van der Waals surface area contributed by atoms with Crippen LogP contribution in [0.4, 0.5) is 5.69 Å². The Balaban J connectivity index is 2.19. The largest absolute Gasteiger partial charge is 0.478 e. The van der Waals surface area contributed by atoms with Crippen LogP contribution >= 0.6 is 11.3 Å². The molecule has 6 heteroatoms. The normalized spacial score (nSPS) is 9.88. The molecule has 2 aromatic rings. The zero-order valence-corrected chi connectivity index (χ0v) is 9.40. The van der Waals surface area contributed by atoms with Gasteiger partial charge in [-0.15, -0.1) is 11.3 Å². The molecular weight excluding hydrogens is 240 g/mol. The van der Waals surface area contributed by atoms with Gasteiger partial charge in [-0.1, -0.05) is 0 Å². The van der Waals surface area contributed by atoms with Crippen LogP contribution in [0.15, 0.2) is 35.3 Å². The molecule has 0 spiro atoms. The maximum absolute atomic E-state index is 11.7. The van der Waals surface area contributed by atoms with Crippen molar-refractivity contribution in [3.05, 3.63) is 46.4 Å². The van der Waals surface area contributed by atoms with Crippen molar-refractivity contribution in [3.8, 4) is 0 Å². The summed E-state index contributed by atoms with van der Waals surface area (Å²) in [5.41, 5.74) is 0.777. The molecular formula is C11H8N2O3S. The van der Waals surface area contributed by atoms with E-state index in [4.69, 9.17) is 5.11 Å². The molecule has 2 aromatic heterocycles. The number of amides is 1. The highest BCUT2D eigenvalue weighted by Gasteiger charge is 2.14. The second-order valence-electron chi connectivity index (χ2n) is 3.20. The molecule has 0 aliphatic carbocycles. The van der Waals surface area contributed by atoms with Gasteiger partial charge in [-0.05, 0) is 12.1 Å². The summed E-state index contributed by atoms with van der Waals surface area (Å²) in [6.07, 6.45) is 2.98. The molecule has 0 saturated carbocycles. The van der Waals surface area contributed by atoms with E-state index in [9.17, 15) is 9.59 Å². The van der Waals surface area contributed by atoms with Crippen molar-refractivity contribution in [2.45, 2.75) is 0 Å². The van der Waals surface area contributed by atoms with Crippen molar-refractivity contribution in [2.75, 3.05) is 5.32 Å². The number of carbonyl (C=O) groups excluding carboxylic acids is 1. The number of carbonyl (C=O) groups is 2. The number of aromatic carboxylic acids is 1. The molecule has 2 heterocycles. The van der Waals surface area contributed by atoms with Gasteiger partial charge in [-0.25, -0.2) is 4.79 Å². The molecule has 0 aromatic carbocycles. The van der Waals surface area contributed by atoms with Crippen molar-refractivity contribution in [1.29, 1.82) is 0 Å². The summed E-state index contributed by atoms with van der Waals surface area (Å²) in [5.74, 6) is -1.44. The third kappa shape index (κ3) is 2.48. The average Bonchev–Trinajstić information content (AvgIpc) is 2.78. The number of aromatic nitrogens is 1. The summed E-state index contributed by atoms with van der Waals surface area (Å²) in [6, 6.07) is 3.25. The van der Waals surface area contributed by atoms with Crippen LogP contribution in [0, 0.1) is 0 Å². The van der Waals surface area contributed by atoms with Gasteiger partial charge in [0, 0.05) is 23.2 Å². The number of hydrogen-bond acceptors (Lipinski definition) is 4. The number of nitrogens with one attached hydrogen (secondary N) is 1. The Morgan fingerprint density at radius 1 is 1.35 bits per heavy atom. The van der Waals surface area contributed by atoms with Gasteiger partial charge in [0.2, 0.25) is 0 Å². The van der Waals surface area contributed by atoms with E-state index in [0.29, 0.717) is 11.3 Å². The Morgan fingerprint density at radius 3 is 2.82 bits per heavy atom. The van der Waals surface area contributed by atoms with Gasteiger partial charge in [0.25, 0.3) is 5.91 Å². The Bertz CT molecular complexity index is 551. The van der Waals surface area contributed by atoms with Crippen LogP contribution in [0.5, 0.6) is 0 Å². The number of anilines is 1. The van der Waals surface area contributed by atoms with Gasteiger partial charge in [0.1, 0.15) is 0 Å². The monoisotopic (exact) mass is 248 g/mol. The Morgan fingerprint density at radius 2 is 2.18 bits per heavy atom. The molecule has 0 radical (unpaired) electrons. The first kappa shape index (κ1) is 11.3. The Hall–Kier alpha value is -2.21. The number of rotatable bonds is 3. The number of pyridine rings is 1. The van der Waals surface area contributed by atoms with Gasteiger partial charge in [-0.3, -0.25) is 9.78 Å². The molecule has 0 fully saturated rings. The predicted molar refractivity (Wildman–Crippen MR) is 63.5 cm³/mol. The summed E-state index contributed by atoms with van der Waals surface area (Å²) >= 11 is 1.22. The molecule has 5 nitrogen and oxygen atoms in total. The van der Waals surface area contributed by atoms with E-state index in [1.54, 1.807) is 23.7 Å². The highest BCUT2D eigenvalue weighted by atomic mass is 32.1. The summed E-state index contributed by atoms with van der Waals surface area (Å²) in [4.78, 5) is 26.4. The molecule has 2 N–H and O–H groups in total. The van der Waals surface area contributed by atoms with Crippen LogP contribution in [0.1, 0.15) is 20.7 Å². The van der Waals surface area contributed by atoms with E-state index in [0.717, 1.165) is 0 Å². The molecule has 2 rings (SSSR count). The smallest absolute Gasteiger partial charge is 0.338 e. The molecule has 0 atom stereocenters. The summed E-state index contributed by atoms with van der Waals surface area (Å²) in [6.45, 7) is 0. The van der Waals surface area contributed by atoms with E-state index in [1.807, 2.05) is 0 Å². The minimum atomic E-state index is -1.06. The van der Waals surface area contributed by atoms with Crippen molar-refractivity contribution >= 4 is 28.9 Å². The Labute approximate surface area is 101 Å². The molecule has 0 bridgehead atoms. The second kappa shape index (κ2) is 4.75. The van der Waals surface area contributed by atoms with Crippen molar-refractivity contribution in [3.63, 3.8) is 0 Å². The minimum absolute atomic E-state index is 0.0900. The van der Waals surface area contributed by atoms with Gasteiger partial charge in [0.05, 0.1) is 16.8 Å². The lowest BCUT2D eigenvalue weighted by Crippen LogP contribution is -2.13. The first-order valence-electron chi connectivity index (χ1n) is 4.69. The number of nitrogens with zero attached hydrogens (tertiary/aromatic N) is 1. The first-order chi connectivity index (χ1) is 8.18. The highest BCUT2D eigenvalue weighted by molar-refractivity contribution is 7.08. The fraction of sp³-hybridized carbons (Fsp3) is 0. The van der Waals surface area contributed by atoms with Crippen LogP contribution in [0.25, 0.3) is 0 Å². The fourth-order valence-electron chi connectivity index (χ4n) is 1.25. The average molecular weight is 248 g/mol. The van der Waals surface area contributed by atoms with E-state index in [-0.39, 0.29) is 11.5 Å².